The number of rotatable bonds is 4. The largest absolute Gasteiger partial charge is 0.389 e. The van der Waals surface area contributed by atoms with Crippen LogP contribution in [0, 0.1) is 0 Å². The normalized spacial score (nSPS) is 16.6. The fourth-order valence-electron chi connectivity index (χ4n) is 2.55. The highest BCUT2D eigenvalue weighted by Crippen LogP contribution is 2.28. The van der Waals surface area contributed by atoms with Gasteiger partial charge in [0.2, 0.25) is 0 Å². The molecule has 0 radical (unpaired) electrons. The fraction of sp³-hybridized carbons (Fsp3) is 0.500. The molecule has 1 aromatic carbocycles. The van der Waals surface area contributed by atoms with Crippen LogP contribution in [0.5, 0.6) is 0 Å². The van der Waals surface area contributed by atoms with Gasteiger partial charge in [-0.05, 0) is 25.1 Å². The predicted octanol–water partition coefficient (Wildman–Crippen LogP) is 2.51. The number of hydrogen-bond donors (Lipinski definition) is 1. The number of anilines is 1. The number of hydrogen-bond acceptors (Lipinski definition) is 3. The maximum Gasteiger partial charge on any atom is 0.107 e. The van der Waals surface area contributed by atoms with Gasteiger partial charge in [-0.15, -0.1) is 0 Å². The van der Waals surface area contributed by atoms with E-state index in [2.05, 4.69) is 22.8 Å². The van der Waals surface area contributed by atoms with Gasteiger partial charge in [-0.3, -0.25) is 4.90 Å². The summed E-state index contributed by atoms with van der Waals surface area (Å²) in [6, 6.07) is 5.85. The lowest BCUT2D eigenvalue weighted by Gasteiger charge is -2.37. The van der Waals surface area contributed by atoms with Crippen molar-refractivity contribution < 1.29 is 0 Å². The molecule has 3 nitrogen and oxygen atoms in total. The summed E-state index contributed by atoms with van der Waals surface area (Å²) in [5.41, 5.74) is 7.68. The van der Waals surface area contributed by atoms with Crippen molar-refractivity contribution in [2.45, 2.75) is 13.3 Å². The van der Waals surface area contributed by atoms with Gasteiger partial charge in [0.15, 0.2) is 0 Å². The van der Waals surface area contributed by atoms with Gasteiger partial charge in [0.1, 0.15) is 4.99 Å². The minimum atomic E-state index is 0.372. The Morgan fingerprint density at radius 2 is 2.00 bits per heavy atom. The Hall–Kier alpha value is -0.840. The van der Waals surface area contributed by atoms with E-state index >= 15 is 0 Å². The molecule has 0 bridgehead atoms. The van der Waals surface area contributed by atoms with E-state index in [-0.39, 0.29) is 0 Å². The van der Waals surface area contributed by atoms with Crippen LogP contribution in [0.15, 0.2) is 18.2 Å². The zero-order valence-electron chi connectivity index (χ0n) is 11.2. The topological polar surface area (TPSA) is 32.5 Å². The lowest BCUT2D eigenvalue weighted by atomic mass is 10.1. The van der Waals surface area contributed by atoms with E-state index in [1.165, 1.54) is 13.0 Å². The molecule has 1 aliphatic heterocycles. The number of thiocarbonyl (C=S) groups is 1. The molecule has 1 aromatic rings. The number of halogens is 1. The summed E-state index contributed by atoms with van der Waals surface area (Å²) < 4.78 is 0. The average molecular weight is 298 g/mol. The van der Waals surface area contributed by atoms with Crippen LogP contribution in [0.25, 0.3) is 0 Å². The summed E-state index contributed by atoms with van der Waals surface area (Å²) in [5, 5.41) is 0.640. The van der Waals surface area contributed by atoms with Crippen LogP contribution in [0.4, 0.5) is 5.69 Å². The van der Waals surface area contributed by atoms with Crippen molar-refractivity contribution in [3.63, 3.8) is 0 Å². The second-order valence-corrected chi connectivity index (χ2v) is 5.67. The van der Waals surface area contributed by atoms with E-state index in [4.69, 9.17) is 29.6 Å². The highest BCUT2D eigenvalue weighted by molar-refractivity contribution is 7.80. The average Bonchev–Trinajstić information content (AvgIpc) is 2.39. The minimum Gasteiger partial charge on any atom is -0.389 e. The standard InChI is InChI=1S/C14H20ClN3S/c1-2-6-17-7-9-18(10-8-17)12-5-3-4-11(15)13(12)14(16)19/h3-5H,2,6-10H2,1H3,(H2,16,19). The zero-order valence-corrected chi connectivity index (χ0v) is 12.8. The first-order valence-corrected chi connectivity index (χ1v) is 7.47. The Morgan fingerprint density at radius 1 is 1.32 bits per heavy atom. The zero-order chi connectivity index (χ0) is 13.8. The summed E-state index contributed by atoms with van der Waals surface area (Å²) in [4.78, 5) is 5.19. The van der Waals surface area contributed by atoms with Gasteiger partial charge >= 0.3 is 0 Å². The third kappa shape index (κ3) is 3.38. The molecule has 2 rings (SSSR count). The molecule has 1 aliphatic rings. The van der Waals surface area contributed by atoms with E-state index in [1.54, 1.807) is 0 Å². The van der Waals surface area contributed by atoms with E-state index in [1.807, 2.05) is 12.1 Å². The smallest absolute Gasteiger partial charge is 0.107 e. The fourth-order valence-corrected chi connectivity index (χ4v) is 3.09. The third-order valence-electron chi connectivity index (χ3n) is 3.49. The molecule has 0 amide bonds. The molecule has 0 spiro atoms. The Labute approximate surface area is 125 Å². The van der Waals surface area contributed by atoms with Crippen LogP contribution in [-0.2, 0) is 0 Å². The van der Waals surface area contributed by atoms with E-state index in [0.29, 0.717) is 10.0 Å². The van der Waals surface area contributed by atoms with Gasteiger partial charge in [0.25, 0.3) is 0 Å². The summed E-state index contributed by atoms with van der Waals surface area (Å²) >= 11 is 11.3. The molecular formula is C14H20ClN3S. The molecule has 1 heterocycles. The lowest BCUT2D eigenvalue weighted by molar-refractivity contribution is 0.258. The first-order chi connectivity index (χ1) is 9.13. The van der Waals surface area contributed by atoms with Gasteiger partial charge < -0.3 is 10.6 Å². The van der Waals surface area contributed by atoms with Crippen molar-refractivity contribution in [3.8, 4) is 0 Å². The summed E-state index contributed by atoms with van der Waals surface area (Å²) in [6.45, 7) is 7.54. The Bertz CT molecular complexity index is 456. The Balaban J connectivity index is 2.15. The minimum absolute atomic E-state index is 0.372. The van der Waals surface area contributed by atoms with Crippen LogP contribution >= 0.6 is 23.8 Å². The Morgan fingerprint density at radius 3 is 2.58 bits per heavy atom. The molecule has 0 unspecified atom stereocenters. The molecule has 104 valence electrons. The van der Waals surface area contributed by atoms with Crippen LogP contribution in [-0.4, -0.2) is 42.6 Å². The lowest BCUT2D eigenvalue weighted by Crippen LogP contribution is -2.47. The van der Waals surface area contributed by atoms with E-state index < -0.39 is 0 Å². The number of piperazine rings is 1. The van der Waals surface area contributed by atoms with E-state index in [9.17, 15) is 0 Å². The van der Waals surface area contributed by atoms with Crippen molar-refractivity contribution in [3.05, 3.63) is 28.8 Å². The maximum atomic E-state index is 6.22. The molecule has 0 atom stereocenters. The summed E-state index contributed by atoms with van der Waals surface area (Å²) in [7, 11) is 0. The van der Waals surface area contributed by atoms with Crippen molar-refractivity contribution in [2.24, 2.45) is 5.73 Å². The highest BCUT2D eigenvalue weighted by atomic mass is 35.5. The predicted molar refractivity (Wildman–Crippen MR) is 86.3 cm³/mol. The molecule has 1 fully saturated rings. The van der Waals surface area contributed by atoms with Gasteiger partial charge in [0, 0.05) is 31.9 Å². The van der Waals surface area contributed by atoms with Crippen molar-refractivity contribution >= 4 is 34.5 Å². The number of nitrogens with two attached hydrogens (primary N) is 1. The number of nitrogens with zero attached hydrogens (tertiary/aromatic N) is 2. The van der Waals surface area contributed by atoms with Crippen LogP contribution < -0.4 is 10.6 Å². The molecule has 1 saturated heterocycles. The maximum absolute atomic E-state index is 6.22. The summed E-state index contributed by atoms with van der Waals surface area (Å²) in [5.74, 6) is 0. The molecule has 0 aliphatic carbocycles. The molecule has 2 N–H and O–H groups in total. The highest BCUT2D eigenvalue weighted by Gasteiger charge is 2.20. The van der Waals surface area contributed by atoms with Crippen molar-refractivity contribution in [1.29, 1.82) is 0 Å². The second-order valence-electron chi connectivity index (χ2n) is 4.83. The summed E-state index contributed by atoms with van der Waals surface area (Å²) in [6.07, 6.45) is 1.20. The second kappa shape index (κ2) is 6.55. The molecule has 5 heteroatoms. The number of benzene rings is 1. The van der Waals surface area contributed by atoms with Gasteiger partial charge in [-0.25, -0.2) is 0 Å². The van der Waals surface area contributed by atoms with Gasteiger partial charge in [-0.1, -0.05) is 36.8 Å². The van der Waals surface area contributed by atoms with E-state index in [0.717, 1.165) is 37.4 Å². The van der Waals surface area contributed by atoms with Gasteiger partial charge in [-0.2, -0.15) is 0 Å². The van der Waals surface area contributed by atoms with Crippen LogP contribution in [0.3, 0.4) is 0 Å². The van der Waals surface area contributed by atoms with Crippen molar-refractivity contribution in [1.82, 2.24) is 4.90 Å². The first-order valence-electron chi connectivity index (χ1n) is 6.69. The molecule has 0 aromatic heterocycles. The first kappa shape index (κ1) is 14.6. The molecule has 0 saturated carbocycles. The molecular weight excluding hydrogens is 278 g/mol. The monoisotopic (exact) mass is 297 g/mol. The Kier molecular flexibility index (Phi) is 5.02. The quantitative estimate of drug-likeness (QED) is 0.866. The third-order valence-corrected chi connectivity index (χ3v) is 4.01. The SMILES string of the molecule is CCCN1CCN(c2cccc(Cl)c2C(N)=S)CC1. The van der Waals surface area contributed by atoms with Crippen LogP contribution in [0.2, 0.25) is 5.02 Å². The van der Waals surface area contributed by atoms with Gasteiger partial charge in [0.05, 0.1) is 10.6 Å². The van der Waals surface area contributed by atoms with Crippen molar-refractivity contribution in [2.75, 3.05) is 37.6 Å². The van der Waals surface area contributed by atoms with Crippen LogP contribution in [0.1, 0.15) is 18.9 Å². The molecule has 19 heavy (non-hydrogen) atoms.